The summed E-state index contributed by atoms with van der Waals surface area (Å²) >= 11 is 3.10. The van der Waals surface area contributed by atoms with Crippen molar-refractivity contribution in [1.29, 1.82) is 5.26 Å². The maximum Gasteiger partial charge on any atom is 0.162 e. The van der Waals surface area contributed by atoms with Gasteiger partial charge in [-0.2, -0.15) is 5.26 Å². The van der Waals surface area contributed by atoms with Gasteiger partial charge < -0.3 is 5.32 Å². The molecule has 0 saturated heterocycles. The first-order valence-electron chi connectivity index (χ1n) is 6.18. The number of rotatable bonds is 2. The Labute approximate surface area is 129 Å². The normalized spacial score (nSPS) is 10.3. The molecular weight excluding hydrogens is 333 g/mol. The third kappa shape index (κ3) is 2.46. The van der Waals surface area contributed by atoms with Gasteiger partial charge >= 0.3 is 0 Å². The van der Waals surface area contributed by atoms with Crippen LogP contribution in [-0.2, 0) is 0 Å². The third-order valence-electron chi connectivity index (χ3n) is 3.16. The number of hydrogen-bond donors (Lipinski definition) is 1. The third-order valence-corrected chi connectivity index (χ3v) is 3.93. The second-order valence-electron chi connectivity index (χ2n) is 4.43. The van der Waals surface area contributed by atoms with Crippen molar-refractivity contribution in [2.75, 3.05) is 5.32 Å². The number of pyridine rings is 1. The number of halogens is 2. The van der Waals surface area contributed by atoms with Crippen molar-refractivity contribution in [3.63, 3.8) is 0 Å². The van der Waals surface area contributed by atoms with Gasteiger partial charge in [0, 0.05) is 23.5 Å². The van der Waals surface area contributed by atoms with Gasteiger partial charge in [0.1, 0.15) is 6.07 Å². The molecule has 1 N–H and O–H groups in total. The van der Waals surface area contributed by atoms with E-state index in [9.17, 15) is 4.39 Å². The largest absolute Gasteiger partial charge is 0.353 e. The molecule has 0 unspecified atom stereocenters. The zero-order valence-electron chi connectivity index (χ0n) is 10.8. The van der Waals surface area contributed by atoms with Crippen molar-refractivity contribution < 1.29 is 4.39 Å². The summed E-state index contributed by atoms with van der Waals surface area (Å²) in [6.45, 7) is 0. The number of hydrogen-bond acceptors (Lipinski definition) is 3. The van der Waals surface area contributed by atoms with Gasteiger partial charge in [-0.3, -0.25) is 4.98 Å². The Morgan fingerprint density at radius 3 is 2.81 bits per heavy atom. The topological polar surface area (TPSA) is 48.7 Å². The van der Waals surface area contributed by atoms with Crippen LogP contribution in [0.5, 0.6) is 0 Å². The van der Waals surface area contributed by atoms with Crippen molar-refractivity contribution in [2.24, 2.45) is 0 Å². The summed E-state index contributed by atoms with van der Waals surface area (Å²) < 4.78 is 14.4. The molecule has 102 valence electrons. The van der Waals surface area contributed by atoms with Crippen LogP contribution in [-0.4, -0.2) is 4.98 Å². The summed E-state index contributed by atoms with van der Waals surface area (Å²) in [5, 5.41) is 13.9. The number of nitriles is 1. The highest BCUT2D eigenvalue weighted by Gasteiger charge is 2.12. The number of nitrogens with one attached hydrogen (secondary N) is 1. The minimum absolute atomic E-state index is 0.161. The van der Waals surface area contributed by atoms with Gasteiger partial charge in [-0.15, -0.1) is 0 Å². The minimum atomic E-state index is -0.491. The van der Waals surface area contributed by atoms with E-state index in [-0.39, 0.29) is 10.0 Å². The Hall–Kier alpha value is -2.45. The van der Waals surface area contributed by atoms with Gasteiger partial charge in [0.2, 0.25) is 0 Å². The first-order chi connectivity index (χ1) is 10.2. The van der Waals surface area contributed by atoms with Gasteiger partial charge in [-0.1, -0.05) is 12.1 Å². The van der Waals surface area contributed by atoms with Crippen LogP contribution in [0.15, 0.2) is 53.3 Å². The van der Waals surface area contributed by atoms with E-state index in [4.69, 9.17) is 5.26 Å². The molecule has 2 aromatic carbocycles. The average molecular weight is 342 g/mol. The van der Waals surface area contributed by atoms with E-state index in [2.05, 4.69) is 26.2 Å². The summed E-state index contributed by atoms with van der Waals surface area (Å²) in [6.07, 6.45) is 3.44. The molecule has 0 bridgehead atoms. The van der Waals surface area contributed by atoms with Crippen LogP contribution in [0.1, 0.15) is 5.56 Å². The number of aromatic nitrogens is 1. The van der Waals surface area contributed by atoms with Crippen molar-refractivity contribution in [2.45, 2.75) is 0 Å². The fourth-order valence-electron chi connectivity index (χ4n) is 2.10. The summed E-state index contributed by atoms with van der Waals surface area (Å²) in [6, 6.07) is 12.7. The van der Waals surface area contributed by atoms with Crippen LogP contribution in [0.25, 0.3) is 10.8 Å². The van der Waals surface area contributed by atoms with Gasteiger partial charge in [0.15, 0.2) is 5.82 Å². The number of benzene rings is 2. The molecule has 0 atom stereocenters. The van der Waals surface area contributed by atoms with Crippen LogP contribution in [0.3, 0.4) is 0 Å². The number of anilines is 2. The molecule has 0 radical (unpaired) electrons. The second kappa shape index (κ2) is 5.51. The van der Waals surface area contributed by atoms with E-state index in [1.54, 1.807) is 24.5 Å². The van der Waals surface area contributed by atoms with E-state index in [0.717, 1.165) is 16.5 Å². The van der Waals surface area contributed by atoms with Crippen LogP contribution in [0.2, 0.25) is 0 Å². The van der Waals surface area contributed by atoms with Crippen molar-refractivity contribution in [3.05, 3.63) is 64.6 Å². The fourth-order valence-corrected chi connectivity index (χ4v) is 2.53. The molecule has 1 aromatic heterocycles. The SMILES string of the molecule is N#Cc1ccc(Nc2cccc3ccncc23)c(F)c1Br. The summed E-state index contributed by atoms with van der Waals surface area (Å²) in [5.74, 6) is -0.491. The van der Waals surface area contributed by atoms with Crippen LogP contribution >= 0.6 is 15.9 Å². The zero-order chi connectivity index (χ0) is 14.8. The molecule has 0 aliphatic carbocycles. The first-order valence-corrected chi connectivity index (χ1v) is 6.98. The molecule has 0 aliphatic rings. The quantitative estimate of drug-likeness (QED) is 0.731. The highest BCUT2D eigenvalue weighted by Crippen LogP contribution is 2.31. The molecule has 3 rings (SSSR count). The maximum atomic E-state index is 14.3. The number of nitrogens with zero attached hydrogens (tertiary/aromatic N) is 2. The Balaban J connectivity index is 2.08. The fraction of sp³-hybridized carbons (Fsp3) is 0. The van der Waals surface area contributed by atoms with Gasteiger partial charge in [0.05, 0.1) is 15.7 Å². The van der Waals surface area contributed by atoms with Gasteiger partial charge in [-0.25, -0.2) is 4.39 Å². The van der Waals surface area contributed by atoms with Crippen molar-refractivity contribution >= 4 is 38.1 Å². The molecule has 0 spiro atoms. The maximum absolute atomic E-state index is 14.3. The predicted octanol–water partition coefficient (Wildman–Crippen LogP) is 4.75. The molecule has 0 aliphatic heterocycles. The Morgan fingerprint density at radius 2 is 2.00 bits per heavy atom. The van der Waals surface area contributed by atoms with Crippen LogP contribution in [0, 0.1) is 17.1 Å². The number of fused-ring (bicyclic) bond motifs is 1. The van der Waals surface area contributed by atoms with E-state index >= 15 is 0 Å². The highest BCUT2D eigenvalue weighted by atomic mass is 79.9. The van der Waals surface area contributed by atoms with Crippen LogP contribution in [0.4, 0.5) is 15.8 Å². The van der Waals surface area contributed by atoms with E-state index in [1.807, 2.05) is 30.3 Å². The molecule has 0 fully saturated rings. The van der Waals surface area contributed by atoms with Crippen molar-refractivity contribution in [3.8, 4) is 6.07 Å². The average Bonchev–Trinajstić information content (AvgIpc) is 2.52. The van der Waals surface area contributed by atoms with E-state index in [0.29, 0.717) is 5.69 Å². The molecule has 0 amide bonds. The standard InChI is InChI=1S/C16H9BrFN3/c17-15-11(8-19)4-5-14(16(15)18)21-13-3-1-2-10-6-7-20-9-12(10)13/h1-7,9,21H. The monoisotopic (exact) mass is 341 g/mol. The molecule has 0 saturated carbocycles. The molecule has 5 heteroatoms. The van der Waals surface area contributed by atoms with E-state index in [1.165, 1.54) is 0 Å². The van der Waals surface area contributed by atoms with Crippen molar-refractivity contribution in [1.82, 2.24) is 4.98 Å². The summed E-state index contributed by atoms with van der Waals surface area (Å²) in [7, 11) is 0. The Bertz CT molecular complexity index is 866. The summed E-state index contributed by atoms with van der Waals surface area (Å²) in [5.41, 5.74) is 1.32. The van der Waals surface area contributed by atoms with Crippen LogP contribution < -0.4 is 5.32 Å². The lowest BCUT2D eigenvalue weighted by atomic mass is 10.1. The minimum Gasteiger partial charge on any atom is -0.353 e. The molecule has 3 aromatic rings. The lowest BCUT2D eigenvalue weighted by Crippen LogP contribution is -1.97. The lowest BCUT2D eigenvalue weighted by molar-refractivity contribution is 0.624. The van der Waals surface area contributed by atoms with Gasteiger partial charge in [0.25, 0.3) is 0 Å². The second-order valence-corrected chi connectivity index (χ2v) is 5.22. The molecule has 3 nitrogen and oxygen atoms in total. The molecule has 1 heterocycles. The smallest absolute Gasteiger partial charge is 0.162 e. The Kier molecular flexibility index (Phi) is 3.55. The molecule has 21 heavy (non-hydrogen) atoms. The summed E-state index contributed by atoms with van der Waals surface area (Å²) in [4.78, 5) is 4.10. The van der Waals surface area contributed by atoms with E-state index < -0.39 is 5.82 Å². The molecular formula is C16H9BrFN3. The van der Waals surface area contributed by atoms with Gasteiger partial charge in [-0.05, 0) is 45.6 Å². The lowest BCUT2D eigenvalue weighted by Gasteiger charge is -2.11. The predicted molar refractivity (Wildman–Crippen MR) is 83.8 cm³/mol. The highest BCUT2D eigenvalue weighted by molar-refractivity contribution is 9.10. The zero-order valence-corrected chi connectivity index (χ0v) is 12.4. The first kappa shape index (κ1) is 13.5. The Morgan fingerprint density at radius 1 is 1.14 bits per heavy atom.